The lowest BCUT2D eigenvalue weighted by Crippen LogP contribution is -2.44. The fourth-order valence-corrected chi connectivity index (χ4v) is 3.11. The quantitative estimate of drug-likeness (QED) is 0.703. The number of nitrogens with one attached hydrogen (secondary N) is 2. The van der Waals surface area contributed by atoms with Crippen LogP contribution in [0.15, 0.2) is 4.99 Å². The lowest BCUT2D eigenvalue weighted by molar-refractivity contribution is -0.175. The number of hydrogen-bond donors (Lipinski definition) is 2. The Kier molecular flexibility index (Phi) is 6.35. The number of hydrogen-bond acceptors (Lipinski definition) is 5. The Balaban J connectivity index is 0.00000147. The molecule has 0 aromatic heterocycles. The SMILES string of the molecule is C1CCCC2(CC1)OCC(CNC1=NCCCN1)O2.I. The van der Waals surface area contributed by atoms with Crippen molar-refractivity contribution >= 4 is 29.9 Å². The van der Waals surface area contributed by atoms with Crippen LogP contribution >= 0.6 is 24.0 Å². The van der Waals surface area contributed by atoms with Gasteiger partial charge in [-0.1, -0.05) is 12.8 Å². The van der Waals surface area contributed by atoms with Crippen LogP contribution < -0.4 is 10.6 Å². The van der Waals surface area contributed by atoms with Gasteiger partial charge in [-0.15, -0.1) is 24.0 Å². The number of guanidine groups is 1. The third-order valence-corrected chi connectivity index (χ3v) is 4.17. The topological polar surface area (TPSA) is 54.9 Å². The Morgan fingerprint density at radius 1 is 1.20 bits per heavy atom. The maximum absolute atomic E-state index is 6.19. The molecular weight excluding hydrogens is 369 g/mol. The molecule has 2 heterocycles. The molecule has 0 aromatic rings. The molecule has 1 saturated heterocycles. The highest BCUT2D eigenvalue weighted by Gasteiger charge is 2.41. The van der Waals surface area contributed by atoms with Crippen molar-refractivity contribution in [3.05, 3.63) is 0 Å². The van der Waals surface area contributed by atoms with E-state index >= 15 is 0 Å². The van der Waals surface area contributed by atoms with E-state index in [0.717, 1.165) is 44.9 Å². The summed E-state index contributed by atoms with van der Waals surface area (Å²) < 4.78 is 12.2. The number of ether oxygens (including phenoxy) is 2. The molecule has 0 aromatic carbocycles. The minimum atomic E-state index is -0.273. The van der Waals surface area contributed by atoms with Gasteiger partial charge < -0.3 is 20.1 Å². The van der Waals surface area contributed by atoms with Crippen LogP contribution in [0.3, 0.4) is 0 Å². The molecule has 0 radical (unpaired) electrons. The normalized spacial score (nSPS) is 29.0. The summed E-state index contributed by atoms with van der Waals surface area (Å²) in [5.41, 5.74) is 0. The molecule has 0 amide bonds. The van der Waals surface area contributed by atoms with Crippen molar-refractivity contribution in [2.75, 3.05) is 26.2 Å². The predicted molar refractivity (Wildman–Crippen MR) is 89.6 cm³/mol. The number of nitrogens with zero attached hydrogens (tertiary/aromatic N) is 1. The Labute approximate surface area is 138 Å². The summed E-state index contributed by atoms with van der Waals surface area (Å²) in [5, 5.41) is 6.60. The fourth-order valence-electron chi connectivity index (χ4n) is 3.11. The van der Waals surface area contributed by atoms with E-state index in [-0.39, 0.29) is 35.9 Å². The summed E-state index contributed by atoms with van der Waals surface area (Å²) in [4.78, 5) is 4.41. The molecule has 3 aliphatic rings. The molecule has 116 valence electrons. The van der Waals surface area contributed by atoms with Gasteiger partial charge in [0.25, 0.3) is 0 Å². The molecule has 1 aliphatic carbocycles. The van der Waals surface area contributed by atoms with Gasteiger partial charge in [-0.3, -0.25) is 4.99 Å². The van der Waals surface area contributed by atoms with Gasteiger partial charge in [0.1, 0.15) is 6.10 Å². The zero-order valence-electron chi connectivity index (χ0n) is 12.0. The van der Waals surface area contributed by atoms with Gasteiger partial charge in [-0.25, -0.2) is 0 Å². The van der Waals surface area contributed by atoms with Gasteiger partial charge in [0, 0.05) is 32.5 Å². The van der Waals surface area contributed by atoms with E-state index in [1.807, 2.05) is 0 Å². The standard InChI is InChI=1S/C14H25N3O2.HI/c1-2-4-7-14(6-3-1)18-11-12(19-14)10-17-13-15-8-5-9-16-13;/h12H,1-11H2,(H2,15,16,17);1H. The fraction of sp³-hybridized carbons (Fsp3) is 0.929. The van der Waals surface area contributed by atoms with Crippen molar-refractivity contribution < 1.29 is 9.47 Å². The van der Waals surface area contributed by atoms with Crippen LogP contribution in [0.1, 0.15) is 44.9 Å². The van der Waals surface area contributed by atoms with Crippen LogP contribution in [-0.4, -0.2) is 44.1 Å². The second kappa shape index (κ2) is 7.79. The molecule has 0 bridgehead atoms. The van der Waals surface area contributed by atoms with E-state index in [2.05, 4.69) is 15.6 Å². The maximum atomic E-state index is 6.19. The molecule has 1 saturated carbocycles. The van der Waals surface area contributed by atoms with E-state index in [0.29, 0.717) is 6.61 Å². The Bertz CT molecular complexity index is 330. The molecular formula is C14H26IN3O2. The molecule has 2 fully saturated rings. The van der Waals surface area contributed by atoms with Crippen molar-refractivity contribution in [1.29, 1.82) is 0 Å². The Hall–Kier alpha value is -0.0800. The summed E-state index contributed by atoms with van der Waals surface area (Å²) in [5.74, 6) is 0.640. The first-order chi connectivity index (χ1) is 9.36. The van der Waals surface area contributed by atoms with Crippen LogP contribution in [0.25, 0.3) is 0 Å². The zero-order chi connectivity index (χ0) is 13.0. The molecule has 3 rings (SSSR count). The average molecular weight is 395 g/mol. The second-order valence-corrected chi connectivity index (χ2v) is 5.77. The van der Waals surface area contributed by atoms with E-state index < -0.39 is 0 Å². The van der Waals surface area contributed by atoms with Crippen molar-refractivity contribution in [1.82, 2.24) is 10.6 Å². The highest BCUT2D eigenvalue weighted by Crippen LogP contribution is 2.36. The maximum Gasteiger partial charge on any atom is 0.191 e. The van der Waals surface area contributed by atoms with Crippen LogP contribution in [0.4, 0.5) is 0 Å². The van der Waals surface area contributed by atoms with Gasteiger partial charge in [0.05, 0.1) is 6.61 Å². The third-order valence-electron chi connectivity index (χ3n) is 4.17. The molecule has 1 unspecified atom stereocenters. The second-order valence-electron chi connectivity index (χ2n) is 5.77. The summed E-state index contributed by atoms with van der Waals surface area (Å²) in [6.45, 7) is 3.42. The van der Waals surface area contributed by atoms with Gasteiger partial charge in [-0.2, -0.15) is 0 Å². The molecule has 6 heteroatoms. The molecule has 2 aliphatic heterocycles. The Morgan fingerprint density at radius 2 is 2.00 bits per heavy atom. The average Bonchev–Trinajstić information content (AvgIpc) is 2.70. The summed E-state index contributed by atoms with van der Waals surface area (Å²) in [6, 6.07) is 0. The molecule has 2 N–H and O–H groups in total. The van der Waals surface area contributed by atoms with Gasteiger partial charge in [0.2, 0.25) is 0 Å². The molecule has 5 nitrogen and oxygen atoms in total. The molecule has 1 spiro atoms. The van der Waals surface area contributed by atoms with E-state index in [1.165, 1.54) is 25.7 Å². The van der Waals surface area contributed by atoms with E-state index in [9.17, 15) is 0 Å². The monoisotopic (exact) mass is 395 g/mol. The van der Waals surface area contributed by atoms with Crippen LogP contribution in [-0.2, 0) is 9.47 Å². The van der Waals surface area contributed by atoms with Gasteiger partial charge in [0.15, 0.2) is 11.7 Å². The largest absolute Gasteiger partial charge is 0.356 e. The van der Waals surface area contributed by atoms with Gasteiger partial charge >= 0.3 is 0 Å². The summed E-state index contributed by atoms with van der Waals surface area (Å²) in [7, 11) is 0. The molecule has 20 heavy (non-hydrogen) atoms. The van der Waals surface area contributed by atoms with Crippen molar-refractivity contribution in [2.24, 2.45) is 4.99 Å². The highest BCUT2D eigenvalue weighted by atomic mass is 127. The summed E-state index contributed by atoms with van der Waals surface area (Å²) in [6.07, 6.45) is 8.49. The number of aliphatic imine (C=N–C) groups is 1. The van der Waals surface area contributed by atoms with E-state index in [1.54, 1.807) is 0 Å². The number of halogens is 1. The minimum Gasteiger partial charge on any atom is -0.356 e. The van der Waals surface area contributed by atoms with Crippen LogP contribution in [0.5, 0.6) is 0 Å². The van der Waals surface area contributed by atoms with Crippen LogP contribution in [0.2, 0.25) is 0 Å². The lowest BCUT2D eigenvalue weighted by atomic mass is 10.1. The van der Waals surface area contributed by atoms with Crippen molar-refractivity contribution in [3.8, 4) is 0 Å². The summed E-state index contributed by atoms with van der Waals surface area (Å²) >= 11 is 0. The zero-order valence-corrected chi connectivity index (χ0v) is 14.4. The Morgan fingerprint density at radius 3 is 2.70 bits per heavy atom. The van der Waals surface area contributed by atoms with Crippen molar-refractivity contribution in [2.45, 2.75) is 56.8 Å². The lowest BCUT2D eigenvalue weighted by Gasteiger charge is -2.26. The highest BCUT2D eigenvalue weighted by molar-refractivity contribution is 14.0. The predicted octanol–water partition coefficient (Wildman–Crippen LogP) is 2.01. The minimum absolute atomic E-state index is 0. The first-order valence-electron chi connectivity index (χ1n) is 7.70. The molecule has 1 atom stereocenters. The van der Waals surface area contributed by atoms with Gasteiger partial charge in [-0.05, 0) is 19.3 Å². The first-order valence-corrected chi connectivity index (χ1v) is 7.70. The van der Waals surface area contributed by atoms with E-state index in [4.69, 9.17) is 9.47 Å². The third kappa shape index (κ3) is 4.21. The van der Waals surface area contributed by atoms with Crippen molar-refractivity contribution in [3.63, 3.8) is 0 Å². The number of rotatable bonds is 2. The first kappa shape index (κ1) is 16.3. The smallest absolute Gasteiger partial charge is 0.191 e. The van der Waals surface area contributed by atoms with Crippen LogP contribution in [0, 0.1) is 0 Å².